The largest absolute Gasteiger partial charge is 0.0537 e. The van der Waals surface area contributed by atoms with Crippen molar-refractivity contribution in [3.8, 4) is 0 Å². The van der Waals surface area contributed by atoms with Gasteiger partial charge in [0.1, 0.15) is 0 Å². The summed E-state index contributed by atoms with van der Waals surface area (Å²) in [6, 6.07) is 17.5. The van der Waals surface area contributed by atoms with E-state index in [0.29, 0.717) is 0 Å². The van der Waals surface area contributed by atoms with E-state index < -0.39 is 0 Å². The Balaban J connectivity index is 2.41. The highest BCUT2D eigenvalue weighted by Gasteiger charge is 2.09. The van der Waals surface area contributed by atoms with E-state index in [4.69, 9.17) is 0 Å². The van der Waals surface area contributed by atoms with Crippen molar-refractivity contribution in [2.45, 2.75) is 0 Å². The van der Waals surface area contributed by atoms with Crippen molar-refractivity contribution >= 4 is 64.2 Å². The predicted octanol–water partition coefficient (Wildman–Crippen LogP) is 6.11. The third kappa shape index (κ3) is 1.42. The van der Waals surface area contributed by atoms with Gasteiger partial charge in [-0.15, -0.1) is 0 Å². The van der Waals surface area contributed by atoms with E-state index in [0.717, 1.165) is 8.95 Å². The molecule has 4 aromatic carbocycles. The SMILES string of the molecule is Brc1cc2ccc3cc(Br)cc4ccc(c1)c2c34. The zero-order chi connectivity index (χ0) is 12.3. The van der Waals surface area contributed by atoms with E-state index in [2.05, 4.69) is 80.4 Å². The van der Waals surface area contributed by atoms with Crippen molar-refractivity contribution in [3.05, 3.63) is 57.5 Å². The van der Waals surface area contributed by atoms with Crippen LogP contribution in [0, 0.1) is 0 Å². The Morgan fingerprint density at radius 3 is 1.06 bits per heavy atom. The van der Waals surface area contributed by atoms with Crippen LogP contribution in [-0.2, 0) is 0 Å². The van der Waals surface area contributed by atoms with Gasteiger partial charge in [-0.1, -0.05) is 56.1 Å². The molecule has 0 atom stereocenters. The average molecular weight is 360 g/mol. The van der Waals surface area contributed by atoms with Gasteiger partial charge in [0.15, 0.2) is 0 Å². The normalized spacial score (nSPS) is 11.9. The lowest BCUT2D eigenvalue weighted by atomic mass is 9.94. The van der Waals surface area contributed by atoms with Crippen LogP contribution in [0.1, 0.15) is 0 Å². The first-order valence-corrected chi connectivity index (χ1v) is 7.34. The molecular formula is C16H8Br2. The van der Waals surface area contributed by atoms with Gasteiger partial charge in [0.2, 0.25) is 0 Å². The minimum Gasteiger partial charge on any atom is -0.0537 e. The van der Waals surface area contributed by atoms with Crippen molar-refractivity contribution in [2.75, 3.05) is 0 Å². The van der Waals surface area contributed by atoms with Gasteiger partial charge in [-0.2, -0.15) is 0 Å². The summed E-state index contributed by atoms with van der Waals surface area (Å²) >= 11 is 7.16. The standard InChI is InChI=1S/C16H8Br2/c17-13-5-9-1-2-10-6-14(18)8-12-4-3-11(7-13)15(9)16(10)12/h1-8H. The fourth-order valence-corrected chi connectivity index (χ4v) is 3.75. The number of hydrogen-bond acceptors (Lipinski definition) is 0. The van der Waals surface area contributed by atoms with Crippen LogP contribution >= 0.6 is 31.9 Å². The molecule has 0 saturated heterocycles. The first-order valence-electron chi connectivity index (χ1n) is 5.76. The minimum atomic E-state index is 1.13. The van der Waals surface area contributed by atoms with Crippen molar-refractivity contribution < 1.29 is 0 Å². The Morgan fingerprint density at radius 2 is 0.778 bits per heavy atom. The Kier molecular flexibility index (Phi) is 2.21. The van der Waals surface area contributed by atoms with Crippen molar-refractivity contribution in [3.63, 3.8) is 0 Å². The molecule has 4 aromatic rings. The summed E-state index contributed by atoms with van der Waals surface area (Å²) < 4.78 is 2.27. The zero-order valence-electron chi connectivity index (χ0n) is 9.37. The molecule has 0 saturated carbocycles. The smallest absolute Gasteiger partial charge is 0.0187 e. The molecule has 0 radical (unpaired) electrons. The summed E-state index contributed by atoms with van der Waals surface area (Å²) in [7, 11) is 0. The van der Waals surface area contributed by atoms with E-state index in [1.807, 2.05) is 0 Å². The summed E-state index contributed by atoms with van der Waals surface area (Å²) in [6.45, 7) is 0. The van der Waals surface area contributed by atoms with Crippen LogP contribution in [-0.4, -0.2) is 0 Å². The molecule has 0 aliphatic carbocycles. The highest BCUT2D eigenvalue weighted by atomic mass is 79.9. The Morgan fingerprint density at radius 1 is 0.500 bits per heavy atom. The van der Waals surface area contributed by atoms with Gasteiger partial charge in [-0.3, -0.25) is 0 Å². The lowest BCUT2D eigenvalue weighted by Crippen LogP contribution is -1.84. The molecule has 0 unspecified atom stereocenters. The average Bonchev–Trinajstić information content (AvgIpc) is 2.34. The maximum Gasteiger partial charge on any atom is 0.0187 e. The first-order chi connectivity index (χ1) is 8.72. The number of hydrogen-bond donors (Lipinski definition) is 0. The molecule has 2 heteroatoms. The molecule has 0 amide bonds. The van der Waals surface area contributed by atoms with Crippen LogP contribution in [0.4, 0.5) is 0 Å². The van der Waals surface area contributed by atoms with Crippen LogP contribution in [0.5, 0.6) is 0 Å². The summed E-state index contributed by atoms with van der Waals surface area (Å²) in [5.74, 6) is 0. The molecule has 0 nitrogen and oxygen atoms in total. The van der Waals surface area contributed by atoms with Crippen LogP contribution in [0.2, 0.25) is 0 Å². The third-order valence-corrected chi connectivity index (χ3v) is 4.38. The van der Waals surface area contributed by atoms with Crippen LogP contribution in [0.15, 0.2) is 57.5 Å². The number of benzene rings is 4. The molecule has 0 fully saturated rings. The molecular weight excluding hydrogens is 352 g/mol. The maximum atomic E-state index is 3.58. The Bertz CT molecular complexity index is 752. The lowest BCUT2D eigenvalue weighted by Gasteiger charge is -2.11. The van der Waals surface area contributed by atoms with Gasteiger partial charge in [-0.25, -0.2) is 0 Å². The predicted molar refractivity (Wildman–Crippen MR) is 85.5 cm³/mol. The fourth-order valence-electron chi connectivity index (χ4n) is 2.76. The van der Waals surface area contributed by atoms with Gasteiger partial charge < -0.3 is 0 Å². The van der Waals surface area contributed by atoms with E-state index >= 15 is 0 Å². The van der Waals surface area contributed by atoms with Crippen LogP contribution in [0.25, 0.3) is 32.3 Å². The van der Waals surface area contributed by atoms with E-state index in [9.17, 15) is 0 Å². The summed E-state index contributed by atoms with van der Waals surface area (Å²) in [6.07, 6.45) is 0. The molecule has 0 aromatic heterocycles. The molecule has 0 heterocycles. The Hall–Kier alpha value is -1.12. The maximum absolute atomic E-state index is 3.58. The van der Waals surface area contributed by atoms with E-state index in [1.54, 1.807) is 0 Å². The molecule has 0 spiro atoms. The topological polar surface area (TPSA) is 0 Å². The van der Waals surface area contributed by atoms with Crippen LogP contribution in [0.3, 0.4) is 0 Å². The second-order valence-electron chi connectivity index (χ2n) is 4.59. The number of rotatable bonds is 0. The molecule has 4 rings (SSSR count). The van der Waals surface area contributed by atoms with Crippen molar-refractivity contribution in [2.24, 2.45) is 0 Å². The van der Waals surface area contributed by atoms with Gasteiger partial charge in [0, 0.05) is 8.95 Å². The monoisotopic (exact) mass is 358 g/mol. The van der Waals surface area contributed by atoms with Gasteiger partial charge >= 0.3 is 0 Å². The molecule has 0 aliphatic rings. The van der Waals surface area contributed by atoms with Crippen molar-refractivity contribution in [1.29, 1.82) is 0 Å². The van der Waals surface area contributed by atoms with Crippen LogP contribution < -0.4 is 0 Å². The minimum absolute atomic E-state index is 1.13. The number of halogens is 2. The highest BCUT2D eigenvalue weighted by molar-refractivity contribution is 9.10. The summed E-state index contributed by atoms with van der Waals surface area (Å²) in [5.41, 5.74) is 0. The lowest BCUT2D eigenvalue weighted by molar-refractivity contribution is 1.72. The van der Waals surface area contributed by atoms with Crippen molar-refractivity contribution in [1.82, 2.24) is 0 Å². The van der Waals surface area contributed by atoms with Gasteiger partial charge in [0.05, 0.1) is 0 Å². The fraction of sp³-hybridized carbons (Fsp3) is 0. The third-order valence-electron chi connectivity index (χ3n) is 3.46. The Labute approximate surface area is 121 Å². The second-order valence-corrected chi connectivity index (χ2v) is 6.42. The summed E-state index contributed by atoms with van der Waals surface area (Å²) in [4.78, 5) is 0. The van der Waals surface area contributed by atoms with Gasteiger partial charge in [0.25, 0.3) is 0 Å². The molecule has 0 bridgehead atoms. The van der Waals surface area contributed by atoms with Gasteiger partial charge in [-0.05, 0) is 56.6 Å². The molecule has 86 valence electrons. The quantitative estimate of drug-likeness (QED) is 0.332. The first kappa shape index (κ1) is 10.8. The molecule has 0 N–H and O–H groups in total. The molecule has 18 heavy (non-hydrogen) atoms. The van der Waals surface area contributed by atoms with E-state index in [1.165, 1.54) is 32.3 Å². The molecule has 0 aliphatic heterocycles. The zero-order valence-corrected chi connectivity index (χ0v) is 12.5. The summed E-state index contributed by atoms with van der Waals surface area (Å²) in [5, 5.41) is 7.89. The second kappa shape index (κ2) is 3.69. The van der Waals surface area contributed by atoms with E-state index in [-0.39, 0.29) is 0 Å². The highest BCUT2D eigenvalue weighted by Crippen LogP contribution is 2.37.